The maximum Gasteiger partial charge on any atom is 0.261 e. The van der Waals surface area contributed by atoms with Crippen molar-refractivity contribution in [3.63, 3.8) is 0 Å². The number of fused-ring (bicyclic) bond motifs is 2. The lowest BCUT2D eigenvalue weighted by molar-refractivity contribution is 0.0647. The lowest BCUT2D eigenvalue weighted by Gasteiger charge is -2.14. The number of para-hydroxylation sites is 2. The van der Waals surface area contributed by atoms with Gasteiger partial charge in [-0.3, -0.25) is 19.3 Å². The molecule has 1 aromatic heterocycles. The van der Waals surface area contributed by atoms with Gasteiger partial charge in [-0.1, -0.05) is 26.0 Å². The number of carbonyl (C=O) groups is 3. The van der Waals surface area contributed by atoms with E-state index in [1.54, 1.807) is 24.3 Å². The average molecular weight is 453 g/mol. The van der Waals surface area contributed by atoms with Crippen molar-refractivity contribution in [2.75, 3.05) is 11.9 Å². The van der Waals surface area contributed by atoms with Crippen LogP contribution >= 0.6 is 0 Å². The van der Waals surface area contributed by atoms with Crippen molar-refractivity contribution >= 4 is 34.4 Å². The first kappa shape index (κ1) is 21.6. The highest BCUT2D eigenvalue weighted by Crippen LogP contribution is 2.26. The zero-order chi connectivity index (χ0) is 23.8. The van der Waals surface area contributed by atoms with Crippen LogP contribution in [-0.4, -0.2) is 39.1 Å². The number of nitrogens with zero attached hydrogens (tertiary/aromatic N) is 2. The molecule has 3 aromatic carbocycles. The second kappa shape index (κ2) is 8.59. The Bertz CT molecular complexity index is 1390. The van der Waals surface area contributed by atoms with E-state index in [0.29, 0.717) is 29.3 Å². The van der Waals surface area contributed by atoms with E-state index < -0.39 is 0 Å². The first-order chi connectivity index (χ1) is 16.4. The molecule has 2 N–H and O–H groups in total. The van der Waals surface area contributed by atoms with Gasteiger partial charge in [-0.05, 0) is 66.9 Å². The van der Waals surface area contributed by atoms with Gasteiger partial charge in [0.1, 0.15) is 5.82 Å². The normalized spacial score (nSPS) is 13.1. The van der Waals surface area contributed by atoms with Crippen LogP contribution in [0.25, 0.3) is 22.4 Å². The second-order valence-corrected chi connectivity index (χ2v) is 8.84. The van der Waals surface area contributed by atoms with Crippen molar-refractivity contribution in [1.82, 2.24) is 14.9 Å². The number of rotatable bonds is 6. The minimum atomic E-state index is -0.347. The summed E-state index contributed by atoms with van der Waals surface area (Å²) in [7, 11) is 0. The molecular weight excluding hydrogens is 428 g/mol. The van der Waals surface area contributed by atoms with Crippen molar-refractivity contribution in [3.05, 3.63) is 83.4 Å². The summed E-state index contributed by atoms with van der Waals surface area (Å²) in [4.78, 5) is 47.3. The van der Waals surface area contributed by atoms with E-state index in [-0.39, 0.29) is 23.3 Å². The summed E-state index contributed by atoms with van der Waals surface area (Å²) in [6.07, 6.45) is 0.739. The first-order valence-electron chi connectivity index (χ1n) is 11.3. The molecule has 5 rings (SSSR count). The Morgan fingerprint density at radius 3 is 2.44 bits per heavy atom. The van der Waals surface area contributed by atoms with E-state index in [0.717, 1.165) is 28.8 Å². The number of anilines is 1. The van der Waals surface area contributed by atoms with E-state index in [2.05, 4.69) is 15.3 Å². The van der Waals surface area contributed by atoms with Crippen LogP contribution in [0.2, 0.25) is 0 Å². The van der Waals surface area contributed by atoms with E-state index in [4.69, 9.17) is 0 Å². The van der Waals surface area contributed by atoms with Crippen LogP contribution in [0, 0.1) is 5.92 Å². The van der Waals surface area contributed by atoms with Gasteiger partial charge in [0.25, 0.3) is 17.7 Å². The van der Waals surface area contributed by atoms with Crippen molar-refractivity contribution in [3.8, 4) is 11.4 Å². The predicted octanol–water partition coefficient (Wildman–Crippen LogP) is 5.12. The van der Waals surface area contributed by atoms with Crippen molar-refractivity contribution < 1.29 is 14.4 Å². The van der Waals surface area contributed by atoms with Crippen LogP contribution in [0.4, 0.5) is 5.69 Å². The third kappa shape index (κ3) is 3.96. The highest BCUT2D eigenvalue weighted by Gasteiger charge is 2.35. The van der Waals surface area contributed by atoms with Crippen molar-refractivity contribution in [2.45, 2.75) is 20.3 Å². The lowest BCUT2D eigenvalue weighted by Crippen LogP contribution is -2.31. The molecule has 7 heteroatoms. The quantitative estimate of drug-likeness (QED) is 0.397. The Morgan fingerprint density at radius 1 is 0.971 bits per heavy atom. The molecule has 0 atom stereocenters. The molecule has 34 heavy (non-hydrogen) atoms. The number of benzene rings is 3. The Morgan fingerprint density at radius 2 is 1.71 bits per heavy atom. The van der Waals surface area contributed by atoms with Crippen LogP contribution in [-0.2, 0) is 0 Å². The standard InChI is InChI=1S/C27H24N4O3/c1-16(2)13-14-31-26(33)20-12-9-18(15-21(20)27(31)34)25(32)28-19-10-7-17(8-11-19)24-29-22-5-3-4-6-23(22)30-24/h3-12,15-16H,13-14H2,1-2H3,(H,28,32)(H,29,30). The molecule has 0 radical (unpaired) electrons. The highest BCUT2D eigenvalue weighted by molar-refractivity contribution is 6.22. The van der Waals surface area contributed by atoms with Gasteiger partial charge in [0.2, 0.25) is 0 Å². The van der Waals surface area contributed by atoms with Gasteiger partial charge in [-0.25, -0.2) is 4.98 Å². The number of aromatic amines is 1. The number of hydrogen-bond acceptors (Lipinski definition) is 4. The number of amides is 3. The Labute approximate surface area is 196 Å². The largest absolute Gasteiger partial charge is 0.338 e. The van der Waals surface area contributed by atoms with Gasteiger partial charge in [-0.2, -0.15) is 0 Å². The SMILES string of the molecule is CC(C)CCN1C(=O)c2ccc(C(=O)Nc3ccc(-c4nc5ccccc5[nH]4)cc3)cc2C1=O. The van der Waals surface area contributed by atoms with Crippen LogP contribution in [0.5, 0.6) is 0 Å². The number of aromatic nitrogens is 2. The van der Waals surface area contributed by atoms with Crippen molar-refractivity contribution in [2.24, 2.45) is 5.92 Å². The van der Waals surface area contributed by atoms with Crippen LogP contribution in [0.1, 0.15) is 51.3 Å². The van der Waals surface area contributed by atoms with E-state index in [9.17, 15) is 14.4 Å². The predicted molar refractivity (Wildman–Crippen MR) is 131 cm³/mol. The summed E-state index contributed by atoms with van der Waals surface area (Å²) in [6.45, 7) is 4.47. The van der Waals surface area contributed by atoms with Gasteiger partial charge in [0.15, 0.2) is 0 Å². The van der Waals surface area contributed by atoms with Crippen LogP contribution < -0.4 is 5.32 Å². The summed E-state index contributed by atoms with van der Waals surface area (Å²) >= 11 is 0. The molecule has 7 nitrogen and oxygen atoms in total. The molecule has 170 valence electrons. The lowest BCUT2D eigenvalue weighted by atomic mass is 10.1. The van der Waals surface area contributed by atoms with Gasteiger partial charge in [-0.15, -0.1) is 0 Å². The Balaban J connectivity index is 1.31. The van der Waals surface area contributed by atoms with E-state index >= 15 is 0 Å². The number of imide groups is 1. The molecule has 0 bridgehead atoms. The average Bonchev–Trinajstić information content (AvgIpc) is 3.37. The molecule has 0 saturated heterocycles. The van der Waals surface area contributed by atoms with E-state index in [1.807, 2.05) is 50.2 Å². The zero-order valence-corrected chi connectivity index (χ0v) is 19.0. The number of hydrogen-bond donors (Lipinski definition) is 2. The third-order valence-corrected chi connectivity index (χ3v) is 5.97. The molecule has 2 heterocycles. The molecular formula is C27H24N4O3. The molecule has 0 saturated carbocycles. The molecule has 0 aliphatic carbocycles. The fourth-order valence-electron chi connectivity index (χ4n) is 4.03. The summed E-state index contributed by atoms with van der Waals surface area (Å²) < 4.78 is 0. The third-order valence-electron chi connectivity index (χ3n) is 5.97. The fraction of sp³-hybridized carbons (Fsp3) is 0.185. The molecule has 0 spiro atoms. The Kier molecular flexibility index (Phi) is 5.45. The molecule has 3 amide bonds. The Hall–Kier alpha value is -4.26. The van der Waals surface area contributed by atoms with Crippen LogP contribution in [0.15, 0.2) is 66.7 Å². The summed E-state index contributed by atoms with van der Waals surface area (Å²) in [5.74, 6) is 0.145. The topological polar surface area (TPSA) is 95.2 Å². The molecule has 4 aromatic rings. The maximum atomic E-state index is 12.8. The number of nitrogens with one attached hydrogen (secondary N) is 2. The minimum absolute atomic E-state index is 0.279. The second-order valence-electron chi connectivity index (χ2n) is 8.84. The number of H-pyrrole nitrogens is 1. The summed E-state index contributed by atoms with van der Waals surface area (Å²) in [5, 5.41) is 2.85. The van der Waals surface area contributed by atoms with Crippen molar-refractivity contribution in [1.29, 1.82) is 0 Å². The van der Waals surface area contributed by atoms with E-state index in [1.165, 1.54) is 11.0 Å². The zero-order valence-electron chi connectivity index (χ0n) is 19.0. The number of imidazole rings is 1. The van der Waals surface area contributed by atoms with Gasteiger partial charge < -0.3 is 10.3 Å². The minimum Gasteiger partial charge on any atom is -0.338 e. The fourth-order valence-corrected chi connectivity index (χ4v) is 4.03. The number of carbonyl (C=O) groups excluding carboxylic acids is 3. The molecule has 0 unspecified atom stereocenters. The summed E-state index contributed by atoms with van der Waals surface area (Å²) in [5.41, 5.74) is 4.32. The smallest absolute Gasteiger partial charge is 0.261 e. The molecule has 1 aliphatic rings. The van der Waals surface area contributed by atoms with Gasteiger partial charge in [0.05, 0.1) is 22.2 Å². The van der Waals surface area contributed by atoms with Crippen LogP contribution in [0.3, 0.4) is 0 Å². The van der Waals surface area contributed by atoms with Gasteiger partial charge >= 0.3 is 0 Å². The molecule has 1 aliphatic heterocycles. The first-order valence-corrected chi connectivity index (χ1v) is 11.3. The summed E-state index contributed by atoms with van der Waals surface area (Å²) in [6, 6.07) is 19.8. The van der Waals surface area contributed by atoms with Gasteiger partial charge in [0, 0.05) is 23.4 Å². The molecule has 0 fully saturated rings. The maximum absolute atomic E-state index is 12.8. The highest BCUT2D eigenvalue weighted by atomic mass is 16.2. The monoisotopic (exact) mass is 452 g/mol.